The fourth-order valence-corrected chi connectivity index (χ4v) is 1.09. The second kappa shape index (κ2) is 3.30. The number of nitrogens with one attached hydrogen (secondary N) is 1. The SMILES string of the molecule is O=C(Nc1nccc(Cl)n1)C1CC1. The molecule has 2 rings (SSSR count). The van der Waals surface area contributed by atoms with E-state index < -0.39 is 0 Å². The molecule has 68 valence electrons. The first-order valence-corrected chi connectivity index (χ1v) is 4.43. The van der Waals surface area contributed by atoms with Crippen molar-refractivity contribution in [2.75, 3.05) is 5.32 Å². The van der Waals surface area contributed by atoms with E-state index in [4.69, 9.17) is 11.6 Å². The Bertz CT molecular complexity index is 338. The average Bonchev–Trinajstić information content (AvgIpc) is 2.85. The lowest BCUT2D eigenvalue weighted by atomic mass is 10.4. The minimum atomic E-state index is -0.0118. The molecule has 1 aromatic heterocycles. The summed E-state index contributed by atoms with van der Waals surface area (Å²) >= 11 is 5.62. The van der Waals surface area contributed by atoms with Gasteiger partial charge in [0, 0.05) is 12.1 Å². The van der Waals surface area contributed by atoms with E-state index in [0.717, 1.165) is 12.8 Å². The Morgan fingerprint density at radius 1 is 1.62 bits per heavy atom. The summed E-state index contributed by atoms with van der Waals surface area (Å²) in [5, 5.41) is 2.93. The van der Waals surface area contributed by atoms with Gasteiger partial charge in [-0.05, 0) is 18.9 Å². The minimum Gasteiger partial charge on any atom is -0.294 e. The van der Waals surface area contributed by atoms with Crippen LogP contribution >= 0.6 is 11.6 Å². The largest absolute Gasteiger partial charge is 0.294 e. The Labute approximate surface area is 80.3 Å². The average molecular weight is 198 g/mol. The molecule has 4 nitrogen and oxygen atoms in total. The number of amides is 1. The first-order valence-electron chi connectivity index (χ1n) is 4.05. The maximum absolute atomic E-state index is 11.3. The van der Waals surface area contributed by atoms with E-state index in [1.807, 2.05) is 0 Å². The van der Waals surface area contributed by atoms with Crippen molar-refractivity contribution in [1.29, 1.82) is 0 Å². The molecular weight excluding hydrogens is 190 g/mol. The quantitative estimate of drug-likeness (QED) is 0.731. The molecule has 0 atom stereocenters. The van der Waals surface area contributed by atoms with Gasteiger partial charge in [0.15, 0.2) is 0 Å². The highest BCUT2D eigenvalue weighted by molar-refractivity contribution is 6.29. The summed E-state index contributed by atoms with van der Waals surface area (Å²) in [6, 6.07) is 1.56. The lowest BCUT2D eigenvalue weighted by molar-refractivity contribution is -0.117. The van der Waals surface area contributed by atoms with E-state index in [9.17, 15) is 4.79 Å². The van der Waals surface area contributed by atoms with Gasteiger partial charge in [-0.15, -0.1) is 0 Å². The molecule has 0 bridgehead atoms. The number of aromatic nitrogens is 2. The van der Waals surface area contributed by atoms with Crippen LogP contribution in [0.5, 0.6) is 0 Å². The fourth-order valence-electron chi connectivity index (χ4n) is 0.955. The number of hydrogen-bond donors (Lipinski definition) is 1. The van der Waals surface area contributed by atoms with Crippen LogP contribution in [0.25, 0.3) is 0 Å². The number of hydrogen-bond acceptors (Lipinski definition) is 3. The lowest BCUT2D eigenvalue weighted by Gasteiger charge is -2.00. The summed E-state index contributed by atoms with van der Waals surface area (Å²) in [5.74, 6) is 0.425. The van der Waals surface area contributed by atoms with E-state index in [1.54, 1.807) is 6.07 Å². The van der Waals surface area contributed by atoms with E-state index in [-0.39, 0.29) is 17.8 Å². The van der Waals surface area contributed by atoms with Gasteiger partial charge < -0.3 is 0 Å². The molecular formula is C8H8ClN3O. The van der Waals surface area contributed by atoms with E-state index in [1.165, 1.54) is 6.20 Å². The van der Waals surface area contributed by atoms with Crippen LogP contribution in [0.1, 0.15) is 12.8 Å². The summed E-state index contributed by atoms with van der Waals surface area (Å²) in [4.78, 5) is 19.0. The van der Waals surface area contributed by atoms with Crippen molar-refractivity contribution in [1.82, 2.24) is 9.97 Å². The molecule has 13 heavy (non-hydrogen) atoms. The molecule has 1 aliphatic carbocycles. The highest BCUT2D eigenvalue weighted by atomic mass is 35.5. The van der Waals surface area contributed by atoms with Gasteiger partial charge in [0.05, 0.1) is 0 Å². The molecule has 1 heterocycles. The van der Waals surface area contributed by atoms with Gasteiger partial charge >= 0.3 is 0 Å². The van der Waals surface area contributed by atoms with E-state index in [2.05, 4.69) is 15.3 Å². The molecule has 0 unspecified atom stereocenters. The highest BCUT2D eigenvalue weighted by Gasteiger charge is 2.29. The number of halogens is 1. The van der Waals surface area contributed by atoms with Gasteiger partial charge in [-0.2, -0.15) is 0 Å². The second-order valence-electron chi connectivity index (χ2n) is 2.97. The molecule has 0 saturated heterocycles. The zero-order valence-corrected chi connectivity index (χ0v) is 7.58. The molecule has 1 aromatic rings. The summed E-state index contributed by atoms with van der Waals surface area (Å²) in [5.41, 5.74) is 0. The van der Waals surface area contributed by atoms with Crippen molar-refractivity contribution in [2.24, 2.45) is 5.92 Å². The molecule has 1 fully saturated rings. The monoisotopic (exact) mass is 197 g/mol. The van der Waals surface area contributed by atoms with Gasteiger partial charge in [-0.25, -0.2) is 9.97 Å². The molecule has 1 aliphatic rings. The van der Waals surface area contributed by atoms with Crippen molar-refractivity contribution < 1.29 is 4.79 Å². The maximum atomic E-state index is 11.3. The highest BCUT2D eigenvalue weighted by Crippen LogP contribution is 2.29. The van der Waals surface area contributed by atoms with Gasteiger partial charge in [0.2, 0.25) is 11.9 Å². The first-order chi connectivity index (χ1) is 6.25. The first kappa shape index (κ1) is 8.44. The maximum Gasteiger partial charge on any atom is 0.230 e. The molecule has 0 radical (unpaired) electrons. The third-order valence-corrected chi connectivity index (χ3v) is 2.02. The summed E-state index contributed by atoms with van der Waals surface area (Å²) in [7, 11) is 0. The molecule has 0 spiro atoms. The lowest BCUT2D eigenvalue weighted by Crippen LogP contribution is -2.15. The van der Waals surface area contributed by atoms with E-state index in [0.29, 0.717) is 5.15 Å². The van der Waals surface area contributed by atoms with Crippen molar-refractivity contribution >= 4 is 23.5 Å². The number of nitrogens with zero attached hydrogens (tertiary/aromatic N) is 2. The molecule has 0 aromatic carbocycles. The Balaban J connectivity index is 2.04. The zero-order chi connectivity index (χ0) is 9.26. The van der Waals surface area contributed by atoms with Crippen molar-refractivity contribution in [3.8, 4) is 0 Å². The van der Waals surface area contributed by atoms with Crippen LogP contribution in [0, 0.1) is 5.92 Å². The Kier molecular flexibility index (Phi) is 2.14. The standard InChI is InChI=1S/C8H8ClN3O/c9-6-3-4-10-8(11-6)12-7(13)5-1-2-5/h3-5H,1-2H2,(H,10,11,12,13). The number of rotatable bonds is 2. The Hall–Kier alpha value is -1.16. The third-order valence-electron chi connectivity index (χ3n) is 1.80. The zero-order valence-electron chi connectivity index (χ0n) is 6.83. The Morgan fingerprint density at radius 2 is 2.38 bits per heavy atom. The summed E-state index contributed by atoms with van der Waals surface area (Å²) < 4.78 is 0. The molecule has 1 saturated carbocycles. The van der Waals surface area contributed by atoms with Crippen LogP contribution in [0.4, 0.5) is 5.95 Å². The Morgan fingerprint density at radius 3 is 3.00 bits per heavy atom. The predicted octanol–water partition coefficient (Wildman–Crippen LogP) is 1.48. The van der Waals surface area contributed by atoms with Crippen LogP contribution in [-0.4, -0.2) is 15.9 Å². The van der Waals surface area contributed by atoms with Gasteiger partial charge in [0.1, 0.15) is 5.15 Å². The van der Waals surface area contributed by atoms with E-state index >= 15 is 0 Å². The molecule has 1 amide bonds. The van der Waals surface area contributed by atoms with Crippen molar-refractivity contribution in [3.05, 3.63) is 17.4 Å². The van der Waals surface area contributed by atoms with Crippen LogP contribution < -0.4 is 5.32 Å². The molecule has 5 heteroatoms. The second-order valence-corrected chi connectivity index (χ2v) is 3.35. The minimum absolute atomic E-state index is 0.0118. The fraction of sp³-hybridized carbons (Fsp3) is 0.375. The van der Waals surface area contributed by atoms with Gasteiger partial charge in [-0.3, -0.25) is 10.1 Å². The molecule has 1 N–H and O–H groups in total. The number of carbonyl (C=O) groups excluding carboxylic acids is 1. The van der Waals surface area contributed by atoms with Gasteiger partial charge in [0.25, 0.3) is 0 Å². The number of anilines is 1. The normalized spacial score (nSPS) is 15.5. The molecule has 0 aliphatic heterocycles. The van der Waals surface area contributed by atoms with Crippen LogP contribution in [0.15, 0.2) is 12.3 Å². The third kappa shape index (κ3) is 2.15. The van der Waals surface area contributed by atoms with Gasteiger partial charge in [-0.1, -0.05) is 11.6 Å². The van der Waals surface area contributed by atoms with Crippen LogP contribution in [-0.2, 0) is 4.79 Å². The summed E-state index contributed by atoms with van der Waals surface area (Å²) in [6.45, 7) is 0. The smallest absolute Gasteiger partial charge is 0.230 e. The van der Waals surface area contributed by atoms with Crippen LogP contribution in [0.2, 0.25) is 5.15 Å². The summed E-state index contributed by atoms with van der Waals surface area (Å²) in [6.07, 6.45) is 3.44. The van der Waals surface area contributed by atoms with Crippen molar-refractivity contribution in [2.45, 2.75) is 12.8 Å². The van der Waals surface area contributed by atoms with Crippen molar-refractivity contribution in [3.63, 3.8) is 0 Å². The predicted molar refractivity (Wildman–Crippen MR) is 48.4 cm³/mol. The number of carbonyl (C=O) groups is 1. The topological polar surface area (TPSA) is 54.9 Å². The van der Waals surface area contributed by atoms with Crippen LogP contribution in [0.3, 0.4) is 0 Å².